The fourth-order valence-corrected chi connectivity index (χ4v) is 2.29. The Balaban J connectivity index is 2.26. The van der Waals surface area contributed by atoms with Gasteiger partial charge in [-0.25, -0.2) is 13.8 Å². The molecule has 3 nitrogen and oxygen atoms in total. The van der Waals surface area contributed by atoms with E-state index in [1.165, 1.54) is 11.3 Å². The number of nitrogens with zero attached hydrogens (tertiary/aromatic N) is 1. The second-order valence-corrected chi connectivity index (χ2v) is 5.94. The fraction of sp³-hybridized carbons (Fsp3) is 0.769. The van der Waals surface area contributed by atoms with Crippen LogP contribution in [0.1, 0.15) is 31.0 Å². The molecule has 0 aromatic carbocycles. The van der Waals surface area contributed by atoms with E-state index in [9.17, 15) is 17.6 Å². The number of rotatable bonds is 10. The second-order valence-electron chi connectivity index (χ2n) is 5.00. The third-order valence-corrected chi connectivity index (χ3v) is 3.47. The van der Waals surface area contributed by atoms with Crippen LogP contribution in [0.2, 0.25) is 0 Å². The molecule has 0 aliphatic heterocycles. The summed E-state index contributed by atoms with van der Waals surface area (Å²) >= 11 is 1.28. The van der Waals surface area contributed by atoms with Crippen molar-refractivity contribution in [1.29, 1.82) is 0 Å². The van der Waals surface area contributed by atoms with E-state index in [2.05, 4.69) is 28.9 Å². The maximum atomic E-state index is 12.6. The van der Waals surface area contributed by atoms with E-state index < -0.39 is 19.0 Å². The van der Waals surface area contributed by atoms with E-state index in [0.29, 0.717) is 11.0 Å². The van der Waals surface area contributed by atoms with Gasteiger partial charge in [-0.2, -0.15) is 8.78 Å². The van der Waals surface area contributed by atoms with E-state index in [4.69, 9.17) is 0 Å². The van der Waals surface area contributed by atoms with Crippen LogP contribution in [0.5, 0.6) is 0 Å². The van der Waals surface area contributed by atoms with Gasteiger partial charge in [0.2, 0.25) is 0 Å². The third-order valence-electron chi connectivity index (χ3n) is 2.60. The molecule has 0 aliphatic rings. The van der Waals surface area contributed by atoms with Crippen molar-refractivity contribution < 1.29 is 22.3 Å². The Labute approximate surface area is 125 Å². The highest BCUT2D eigenvalue weighted by Gasteiger charge is 2.40. The number of alkyl halides is 4. The lowest BCUT2D eigenvalue weighted by atomic mass is 10.2. The van der Waals surface area contributed by atoms with Gasteiger partial charge < -0.3 is 10.1 Å². The highest BCUT2D eigenvalue weighted by atomic mass is 32.1. The van der Waals surface area contributed by atoms with Crippen molar-refractivity contribution >= 4 is 11.3 Å². The fourth-order valence-electron chi connectivity index (χ4n) is 1.53. The Kier molecular flexibility index (Phi) is 7.55. The normalized spacial score (nSPS) is 12.6. The predicted octanol–water partition coefficient (Wildman–Crippen LogP) is 3.49. The molecular formula is C13H20F4N2OS. The second kappa shape index (κ2) is 8.65. The molecule has 0 saturated carbocycles. The molecule has 0 bridgehead atoms. The summed E-state index contributed by atoms with van der Waals surface area (Å²) in [5.74, 6) is -4.11. The first-order valence-electron chi connectivity index (χ1n) is 6.71. The standard InChI is InChI=1S/C13H20F4N2OS/c1-9(2)18-5-3-4-10-7-21-11(19-10)6-20-8-13(16,17)12(14)15/h7,9,12,18H,3-6,8H2,1-2H3. The maximum Gasteiger partial charge on any atom is 0.330 e. The van der Waals surface area contributed by atoms with Gasteiger partial charge in [-0.05, 0) is 19.4 Å². The minimum atomic E-state index is -4.11. The van der Waals surface area contributed by atoms with E-state index in [-0.39, 0.29) is 6.61 Å². The molecule has 0 saturated heterocycles. The van der Waals surface area contributed by atoms with Crippen molar-refractivity contribution in [2.75, 3.05) is 13.2 Å². The summed E-state index contributed by atoms with van der Waals surface area (Å²) in [5, 5.41) is 5.63. The van der Waals surface area contributed by atoms with Gasteiger partial charge >= 0.3 is 12.3 Å². The van der Waals surface area contributed by atoms with Crippen molar-refractivity contribution in [1.82, 2.24) is 10.3 Å². The number of halogens is 4. The molecule has 122 valence electrons. The number of aromatic nitrogens is 1. The smallest absolute Gasteiger partial charge is 0.330 e. The number of hydrogen-bond acceptors (Lipinski definition) is 4. The van der Waals surface area contributed by atoms with Gasteiger partial charge in [0, 0.05) is 11.4 Å². The molecule has 21 heavy (non-hydrogen) atoms. The minimum Gasteiger partial charge on any atom is -0.368 e. The molecule has 0 radical (unpaired) electrons. The van der Waals surface area contributed by atoms with Crippen LogP contribution in [0.25, 0.3) is 0 Å². The molecule has 0 fully saturated rings. The highest BCUT2D eigenvalue weighted by molar-refractivity contribution is 7.09. The van der Waals surface area contributed by atoms with Crippen LogP contribution in [0.15, 0.2) is 5.38 Å². The molecule has 1 aromatic rings. The Hall–Kier alpha value is -0.730. The number of hydrogen-bond donors (Lipinski definition) is 1. The van der Waals surface area contributed by atoms with E-state index >= 15 is 0 Å². The van der Waals surface area contributed by atoms with Crippen molar-refractivity contribution in [3.8, 4) is 0 Å². The Bertz CT molecular complexity index is 413. The monoisotopic (exact) mass is 328 g/mol. The molecule has 0 atom stereocenters. The summed E-state index contributed by atoms with van der Waals surface area (Å²) in [6.07, 6.45) is -2.01. The van der Waals surface area contributed by atoms with Crippen LogP contribution < -0.4 is 5.32 Å². The van der Waals surface area contributed by atoms with Crippen LogP contribution in [0.3, 0.4) is 0 Å². The first-order chi connectivity index (χ1) is 9.81. The first-order valence-corrected chi connectivity index (χ1v) is 7.59. The predicted molar refractivity (Wildman–Crippen MR) is 74.2 cm³/mol. The summed E-state index contributed by atoms with van der Waals surface area (Å²) in [6, 6.07) is 0.431. The summed E-state index contributed by atoms with van der Waals surface area (Å²) in [7, 11) is 0. The van der Waals surface area contributed by atoms with E-state index in [1.807, 2.05) is 5.38 Å². The van der Waals surface area contributed by atoms with Crippen molar-refractivity contribution in [2.45, 2.75) is 51.7 Å². The number of thiazole rings is 1. The van der Waals surface area contributed by atoms with Gasteiger partial charge in [-0.15, -0.1) is 11.3 Å². The Morgan fingerprint density at radius 1 is 1.38 bits per heavy atom. The summed E-state index contributed by atoms with van der Waals surface area (Å²) in [6.45, 7) is 3.54. The van der Waals surface area contributed by atoms with Gasteiger partial charge in [0.15, 0.2) is 0 Å². The van der Waals surface area contributed by atoms with Crippen molar-refractivity contribution in [3.05, 3.63) is 16.1 Å². The zero-order valence-corrected chi connectivity index (χ0v) is 12.9. The molecular weight excluding hydrogens is 308 g/mol. The van der Waals surface area contributed by atoms with Crippen LogP contribution in [-0.2, 0) is 17.8 Å². The van der Waals surface area contributed by atoms with Gasteiger partial charge in [-0.1, -0.05) is 13.8 Å². The maximum absolute atomic E-state index is 12.6. The number of aryl methyl sites for hydroxylation is 1. The molecule has 0 unspecified atom stereocenters. The third kappa shape index (κ3) is 7.19. The molecule has 0 amide bonds. The Morgan fingerprint density at radius 2 is 2.10 bits per heavy atom. The van der Waals surface area contributed by atoms with Crippen LogP contribution in [0.4, 0.5) is 17.6 Å². The summed E-state index contributed by atoms with van der Waals surface area (Å²) in [5.41, 5.74) is 0.866. The highest BCUT2D eigenvalue weighted by Crippen LogP contribution is 2.23. The molecule has 0 aliphatic carbocycles. The lowest BCUT2D eigenvalue weighted by Crippen LogP contribution is -2.32. The molecule has 1 aromatic heterocycles. The zero-order chi connectivity index (χ0) is 15.9. The quantitative estimate of drug-likeness (QED) is 0.527. The average Bonchev–Trinajstić information content (AvgIpc) is 2.82. The van der Waals surface area contributed by atoms with Crippen molar-refractivity contribution in [3.63, 3.8) is 0 Å². The molecule has 8 heteroatoms. The lowest BCUT2D eigenvalue weighted by Gasteiger charge is -2.14. The van der Waals surface area contributed by atoms with E-state index in [0.717, 1.165) is 25.1 Å². The van der Waals surface area contributed by atoms with Gasteiger partial charge in [-0.3, -0.25) is 0 Å². The van der Waals surface area contributed by atoms with Gasteiger partial charge in [0.25, 0.3) is 0 Å². The summed E-state index contributed by atoms with van der Waals surface area (Å²) < 4.78 is 53.7. The Morgan fingerprint density at radius 3 is 2.71 bits per heavy atom. The van der Waals surface area contributed by atoms with Gasteiger partial charge in [0.1, 0.15) is 11.6 Å². The zero-order valence-electron chi connectivity index (χ0n) is 12.0. The molecule has 0 spiro atoms. The van der Waals surface area contributed by atoms with E-state index in [1.54, 1.807) is 0 Å². The van der Waals surface area contributed by atoms with Crippen LogP contribution in [0, 0.1) is 0 Å². The SMILES string of the molecule is CC(C)NCCCc1csc(COCC(F)(F)C(F)F)n1. The molecule has 1 rings (SSSR count). The lowest BCUT2D eigenvalue weighted by molar-refractivity contribution is -0.168. The summed E-state index contributed by atoms with van der Waals surface area (Å²) in [4.78, 5) is 4.22. The number of nitrogens with one attached hydrogen (secondary N) is 1. The molecule has 1 heterocycles. The van der Waals surface area contributed by atoms with Crippen molar-refractivity contribution in [2.24, 2.45) is 0 Å². The largest absolute Gasteiger partial charge is 0.368 e. The van der Waals surface area contributed by atoms with Gasteiger partial charge in [0.05, 0.1) is 12.3 Å². The average molecular weight is 328 g/mol. The topological polar surface area (TPSA) is 34.1 Å². The molecule has 1 N–H and O–H groups in total. The number of ether oxygens (including phenoxy) is 1. The van der Waals surface area contributed by atoms with Crippen LogP contribution >= 0.6 is 11.3 Å². The first kappa shape index (κ1) is 18.3. The minimum absolute atomic E-state index is 0.169. The van der Waals surface area contributed by atoms with Crippen LogP contribution in [-0.4, -0.2) is 36.5 Å².